The molecule has 0 saturated heterocycles. The average molecular weight is 327 g/mol. The van der Waals surface area contributed by atoms with Gasteiger partial charge in [0.2, 0.25) is 0 Å². The molecule has 0 radical (unpaired) electrons. The van der Waals surface area contributed by atoms with Crippen molar-refractivity contribution in [3.63, 3.8) is 0 Å². The molecular formula is C18H12Cl2N2. The first-order chi connectivity index (χ1) is 10.7. The summed E-state index contributed by atoms with van der Waals surface area (Å²) < 4.78 is 2.07. The largest absolute Gasteiger partial charge is 0.292 e. The molecule has 1 aliphatic carbocycles. The van der Waals surface area contributed by atoms with Crippen LogP contribution in [0, 0.1) is 0 Å². The fourth-order valence-electron chi connectivity index (χ4n) is 2.68. The Morgan fingerprint density at radius 2 is 1.36 bits per heavy atom. The highest BCUT2D eigenvalue weighted by Crippen LogP contribution is 2.36. The van der Waals surface area contributed by atoms with Gasteiger partial charge in [0.15, 0.2) is 0 Å². The Morgan fingerprint density at radius 3 is 2.05 bits per heavy atom. The summed E-state index contributed by atoms with van der Waals surface area (Å²) in [5.74, 6) is 0. The summed E-state index contributed by atoms with van der Waals surface area (Å²) in [5.41, 5.74) is 5.53. The normalized spacial score (nSPS) is 11.2. The van der Waals surface area contributed by atoms with Crippen molar-refractivity contribution in [2.75, 3.05) is 0 Å². The Bertz CT molecular complexity index is 814. The van der Waals surface area contributed by atoms with E-state index in [1.807, 2.05) is 48.5 Å². The summed E-state index contributed by atoms with van der Waals surface area (Å²) in [4.78, 5) is 0. The number of aromatic amines is 1. The average Bonchev–Trinajstić information content (AvgIpc) is 3.12. The van der Waals surface area contributed by atoms with E-state index in [2.05, 4.69) is 28.0 Å². The van der Waals surface area contributed by atoms with Crippen LogP contribution in [0.25, 0.3) is 28.2 Å². The lowest BCUT2D eigenvalue weighted by atomic mass is 10.1. The molecule has 1 aliphatic heterocycles. The molecule has 2 aromatic rings. The van der Waals surface area contributed by atoms with Crippen molar-refractivity contribution >= 4 is 23.2 Å². The molecule has 0 fully saturated rings. The van der Waals surface area contributed by atoms with E-state index in [0.717, 1.165) is 32.7 Å². The van der Waals surface area contributed by atoms with Crippen LogP contribution in [-0.2, 0) is 0 Å². The van der Waals surface area contributed by atoms with Crippen LogP contribution >= 0.6 is 23.2 Å². The number of hydrogen-bond donors (Lipinski definition) is 1. The Morgan fingerprint density at radius 1 is 0.727 bits per heavy atom. The van der Waals surface area contributed by atoms with Crippen molar-refractivity contribution in [1.82, 2.24) is 9.78 Å². The van der Waals surface area contributed by atoms with Crippen LogP contribution in [0.1, 0.15) is 0 Å². The summed E-state index contributed by atoms with van der Waals surface area (Å²) in [6.07, 6.45) is 0. The molecule has 0 bridgehead atoms. The van der Waals surface area contributed by atoms with Gasteiger partial charge in [-0.25, -0.2) is 0 Å². The molecule has 2 aromatic carbocycles. The fraction of sp³-hybridized carbons (Fsp3) is 0. The first-order valence-electron chi connectivity index (χ1n) is 6.94. The van der Waals surface area contributed by atoms with Crippen molar-refractivity contribution in [1.29, 1.82) is 0 Å². The van der Waals surface area contributed by atoms with Gasteiger partial charge in [0, 0.05) is 21.2 Å². The number of H-pyrrole nitrogens is 1. The number of nitrogens with one attached hydrogen (secondary N) is 1. The van der Waals surface area contributed by atoms with Crippen LogP contribution < -0.4 is 0 Å². The molecule has 2 nitrogen and oxygen atoms in total. The molecule has 1 heterocycles. The third kappa shape index (κ3) is 2.21. The van der Waals surface area contributed by atoms with Gasteiger partial charge in [-0.1, -0.05) is 47.5 Å². The maximum absolute atomic E-state index is 5.98. The highest BCUT2D eigenvalue weighted by Gasteiger charge is 2.17. The van der Waals surface area contributed by atoms with Gasteiger partial charge in [-0.3, -0.25) is 9.78 Å². The van der Waals surface area contributed by atoms with Gasteiger partial charge < -0.3 is 0 Å². The topological polar surface area (TPSA) is 20.7 Å². The van der Waals surface area contributed by atoms with Crippen molar-refractivity contribution in [2.45, 2.75) is 0 Å². The van der Waals surface area contributed by atoms with Crippen molar-refractivity contribution in [3.05, 3.63) is 76.8 Å². The van der Waals surface area contributed by atoms with Crippen LogP contribution in [0.5, 0.6) is 0 Å². The number of halogens is 2. The fourth-order valence-corrected chi connectivity index (χ4v) is 2.93. The predicted octanol–water partition coefficient (Wildman–Crippen LogP) is 5.88. The lowest BCUT2D eigenvalue weighted by Crippen LogP contribution is -1.96. The second kappa shape index (κ2) is 5.24. The molecule has 4 heteroatoms. The van der Waals surface area contributed by atoms with E-state index in [1.54, 1.807) is 0 Å². The zero-order chi connectivity index (χ0) is 15.1. The zero-order valence-corrected chi connectivity index (χ0v) is 13.1. The van der Waals surface area contributed by atoms with E-state index in [-0.39, 0.29) is 0 Å². The Hall–Kier alpha value is -2.16. The summed E-state index contributed by atoms with van der Waals surface area (Å²) in [7, 11) is 0. The standard InChI is InChI=1S/C18H12Cl2N2/c19-13-6-4-12(5-7-13)18-16-2-1-3-17(16)22(21-18)15-10-8-14(20)9-11-15/h1-11,21H. The minimum absolute atomic E-state index is 0.729. The Kier molecular flexibility index (Phi) is 3.21. The number of aromatic nitrogens is 2. The third-order valence-corrected chi connectivity index (χ3v) is 4.25. The molecule has 0 atom stereocenters. The lowest BCUT2D eigenvalue weighted by Gasteiger charge is -2.05. The Balaban J connectivity index is 1.89. The van der Waals surface area contributed by atoms with Gasteiger partial charge in [-0.05, 0) is 42.5 Å². The third-order valence-electron chi connectivity index (χ3n) is 3.74. The quantitative estimate of drug-likeness (QED) is 0.474. The van der Waals surface area contributed by atoms with Crippen LogP contribution in [0.3, 0.4) is 0 Å². The molecule has 1 N–H and O–H groups in total. The number of benzene rings is 2. The van der Waals surface area contributed by atoms with Gasteiger partial charge in [-0.2, -0.15) is 0 Å². The number of rotatable bonds is 2. The molecule has 4 rings (SSSR count). The van der Waals surface area contributed by atoms with E-state index < -0.39 is 0 Å². The van der Waals surface area contributed by atoms with Gasteiger partial charge in [0.05, 0.1) is 17.1 Å². The van der Waals surface area contributed by atoms with Crippen LogP contribution in [-0.4, -0.2) is 9.78 Å². The molecule has 2 aliphatic rings. The minimum atomic E-state index is 0.729. The van der Waals surface area contributed by atoms with Crippen LogP contribution in [0.15, 0.2) is 66.7 Å². The van der Waals surface area contributed by atoms with Crippen molar-refractivity contribution in [3.8, 4) is 28.2 Å². The summed E-state index contributed by atoms with van der Waals surface area (Å²) in [6, 6.07) is 21.9. The first kappa shape index (κ1) is 13.5. The van der Waals surface area contributed by atoms with Crippen molar-refractivity contribution < 1.29 is 0 Å². The maximum atomic E-state index is 5.98. The van der Waals surface area contributed by atoms with Crippen LogP contribution in [0.2, 0.25) is 10.0 Å². The lowest BCUT2D eigenvalue weighted by molar-refractivity contribution is 0.896. The zero-order valence-electron chi connectivity index (χ0n) is 11.6. The molecule has 108 valence electrons. The van der Waals surface area contributed by atoms with Gasteiger partial charge >= 0.3 is 0 Å². The van der Waals surface area contributed by atoms with Gasteiger partial charge in [0.25, 0.3) is 0 Å². The second-order valence-corrected chi connectivity index (χ2v) is 6.00. The van der Waals surface area contributed by atoms with Crippen molar-refractivity contribution in [2.24, 2.45) is 0 Å². The number of nitrogens with zero attached hydrogens (tertiary/aromatic N) is 1. The van der Waals surface area contributed by atoms with Crippen LogP contribution in [0.4, 0.5) is 0 Å². The maximum Gasteiger partial charge on any atom is 0.0724 e. The molecule has 0 spiro atoms. The van der Waals surface area contributed by atoms with E-state index in [4.69, 9.17) is 23.2 Å². The van der Waals surface area contributed by atoms with E-state index >= 15 is 0 Å². The predicted molar refractivity (Wildman–Crippen MR) is 92.2 cm³/mol. The summed E-state index contributed by atoms with van der Waals surface area (Å²) >= 11 is 12.0. The SMILES string of the molecule is Clc1ccc(-c2[nH]n(-c3ccc(Cl)cc3)c3cccc2-3)cc1. The first-order valence-corrected chi connectivity index (χ1v) is 7.69. The second-order valence-electron chi connectivity index (χ2n) is 5.13. The van der Waals surface area contributed by atoms with E-state index in [9.17, 15) is 0 Å². The number of hydrogen-bond acceptors (Lipinski definition) is 0. The molecular weight excluding hydrogens is 315 g/mol. The molecule has 22 heavy (non-hydrogen) atoms. The van der Waals surface area contributed by atoms with E-state index in [0.29, 0.717) is 0 Å². The molecule has 0 aromatic heterocycles. The highest BCUT2D eigenvalue weighted by atomic mass is 35.5. The summed E-state index contributed by atoms with van der Waals surface area (Å²) in [5, 5.41) is 4.94. The number of fused-ring (bicyclic) bond motifs is 1. The molecule has 0 unspecified atom stereocenters. The monoisotopic (exact) mass is 326 g/mol. The summed E-state index contributed by atoms with van der Waals surface area (Å²) in [6.45, 7) is 0. The van der Waals surface area contributed by atoms with Gasteiger partial charge in [-0.15, -0.1) is 0 Å². The van der Waals surface area contributed by atoms with Gasteiger partial charge in [0.1, 0.15) is 0 Å². The smallest absolute Gasteiger partial charge is 0.0724 e. The minimum Gasteiger partial charge on any atom is -0.292 e. The molecule has 0 amide bonds. The molecule has 0 saturated carbocycles. The van der Waals surface area contributed by atoms with E-state index in [1.165, 1.54) is 5.56 Å². The Labute approximate surface area is 138 Å². The highest BCUT2D eigenvalue weighted by molar-refractivity contribution is 6.30.